The number of carboxylic acids is 1. The third kappa shape index (κ3) is 39.3. The molecular weight excluding hydrogens is 1870 g/mol. The lowest BCUT2D eigenvalue weighted by Crippen LogP contribution is -2.63. The van der Waals surface area contributed by atoms with Crippen LogP contribution in [0, 0.1) is 29.6 Å². The van der Waals surface area contributed by atoms with Crippen molar-refractivity contribution in [3.63, 3.8) is 0 Å². The number of aliphatic hydroxyl groups is 1. The fourth-order valence-electron chi connectivity index (χ4n) is 14.7. The molecule has 1 aromatic heterocycles. The van der Waals surface area contributed by atoms with Gasteiger partial charge in [-0.25, -0.2) is 4.79 Å². The summed E-state index contributed by atoms with van der Waals surface area (Å²) < 4.78 is -0.264. The average Bonchev–Trinajstić information content (AvgIpc) is 1.68. The van der Waals surface area contributed by atoms with Crippen molar-refractivity contribution in [1.82, 2.24) is 106 Å². The molecule has 3 fully saturated rings. The number of imide groups is 1. The second-order valence-corrected chi connectivity index (χ2v) is 43.5. The van der Waals surface area contributed by atoms with Crippen molar-refractivity contribution >= 4 is 176 Å². The van der Waals surface area contributed by atoms with Crippen LogP contribution in [-0.4, -0.2) is 306 Å². The number of H-pyrrole nitrogens is 1. The number of fused-ring (bicyclic) bond motifs is 19. The molecule has 0 aliphatic carbocycles. The third-order valence-corrected chi connectivity index (χ3v) is 28.4. The number of aromatic amines is 1. The second-order valence-electron chi connectivity index (χ2n) is 37.4. The maximum Gasteiger partial charge on any atom is 0.322 e. The number of rotatable bonds is 34. The first kappa shape index (κ1) is 118. The summed E-state index contributed by atoms with van der Waals surface area (Å²) in [6, 6.07) is -20.6. The Labute approximate surface area is 822 Å². The molecule has 5 rings (SSSR count). The summed E-state index contributed by atoms with van der Waals surface area (Å²) in [6.45, 7) is 25.4. The standard InChI is InChI=1S/C90H146N22O22S4/c1-18-47(10)69-85(130)99-56(28-29-66(116)117)78(123)104-62-41-136-51(14)72(111-89(134)112-84(129)68(46(8)9)108-81(126)59(34-52-35-94-55-27-23-22-26-53(52)55)98-64(114)36-95-75(120)60(38-113)102-74(119)54(92)39-138-90(15,16)17)87(132)101-58(33-44(4)5)80(125)110-71(88(133)109-69)50(13)137-42-63-82(127)97-48(11)73(118)103-61(76(121)93-31-25-21-19-20-24-30-91)40-135-49(12)70(106-65(115)37-96-77(62)122)86(131)100-57(32-43(2)3)79(124)107-67(45(6)7)83(128)105-63/h22-23,26-27,35,43-51,54,56-63,67-72,94,113H,18-21,24-25,28-34,36-42,91-92H2,1-17H3,(H,93,121)(H,95,120)(H,96,122)(H,97,127)(H,98,114)(H,99,130)(H,100,131)(H,101,132)(H,102,119)(H,103,118)(H,104,123)(H,105,128)(H,106,115)(H,107,124)(H,108,126)(H,109,133)(H,110,125)(H,116,117)(H2,111,112,129,134). The van der Waals surface area contributed by atoms with E-state index in [9.17, 15) is 63.0 Å². The number of carbonyl (C=O) groups is 20. The minimum absolute atomic E-state index is 0.0789. The predicted octanol–water partition coefficient (Wildman–Crippen LogP) is -2.46. The van der Waals surface area contributed by atoms with E-state index in [-0.39, 0.29) is 54.4 Å². The number of benzene rings is 1. The molecule has 20 atom stereocenters. The first-order valence-electron chi connectivity index (χ1n) is 46.9. The zero-order valence-electron chi connectivity index (χ0n) is 81.7. The number of hydrogen-bond donors (Lipinski definition) is 24. The Morgan fingerprint density at radius 3 is 1.72 bits per heavy atom. The van der Waals surface area contributed by atoms with Crippen LogP contribution < -0.4 is 112 Å². The molecule has 48 heteroatoms. The highest BCUT2D eigenvalue weighted by Crippen LogP contribution is 2.27. The molecule has 138 heavy (non-hydrogen) atoms. The summed E-state index contributed by atoms with van der Waals surface area (Å²) in [5.74, 6) is -24.6. The minimum Gasteiger partial charge on any atom is -0.481 e. The molecule has 3 aliphatic heterocycles. The van der Waals surface area contributed by atoms with Crippen LogP contribution in [0.2, 0.25) is 0 Å². The SMILES string of the molecule is CCC(C)C1NC(=O)C2NC(=O)C(CC(C)C)NC(=O)C(NC(=O)NC(=O)C(NC(=O)C(Cc3c[nH]c4ccccc34)NC(=O)CNC(=O)C(CO)NC(=O)C(N)CSC(C)(C)C)C(C)C)C(C)SCC(NC(=O)C(CCC(=O)O)NC1=O)C(=O)NCC(=O)NC1C(=O)NC(CC(C)C)C(=O)NC(C(C)C)C(=O)NC(CSC2C)C(=O)NC(C)C(=O)NC(C(=O)NCCCCCCCN)CSC1C. The van der Waals surface area contributed by atoms with Gasteiger partial charge in [0.15, 0.2) is 0 Å². The monoisotopic (exact) mass is 2010 g/mol. The van der Waals surface area contributed by atoms with E-state index in [2.05, 4.69) is 106 Å². The number of carboxylic acid groups (broad SMARTS) is 1. The van der Waals surface area contributed by atoms with E-state index in [1.54, 1.807) is 85.9 Å². The van der Waals surface area contributed by atoms with E-state index in [1.807, 2.05) is 20.8 Å². The number of carbonyl (C=O) groups excluding carboxylic acids is 19. The number of amides is 20. The molecule has 4 heterocycles. The van der Waals surface area contributed by atoms with Crippen molar-refractivity contribution in [3.8, 4) is 0 Å². The van der Waals surface area contributed by atoms with Gasteiger partial charge in [0.2, 0.25) is 100 Å². The Morgan fingerprint density at radius 2 is 1.12 bits per heavy atom. The van der Waals surface area contributed by atoms with Gasteiger partial charge in [-0.3, -0.25) is 96.4 Å². The highest BCUT2D eigenvalue weighted by Gasteiger charge is 2.44. The van der Waals surface area contributed by atoms with Gasteiger partial charge in [-0.2, -0.15) is 47.0 Å². The third-order valence-electron chi connectivity index (χ3n) is 23.0. The predicted molar refractivity (Wildman–Crippen MR) is 524 cm³/mol. The van der Waals surface area contributed by atoms with Crippen LogP contribution in [0.3, 0.4) is 0 Å². The summed E-state index contributed by atoms with van der Waals surface area (Å²) >= 11 is 3.75. The molecule has 26 N–H and O–H groups in total. The van der Waals surface area contributed by atoms with Gasteiger partial charge in [0.05, 0.1) is 25.7 Å². The number of para-hydroxylation sites is 1. The van der Waals surface area contributed by atoms with Gasteiger partial charge in [-0.15, -0.1) is 0 Å². The molecule has 20 amide bonds. The Hall–Kier alpha value is -10.6. The van der Waals surface area contributed by atoms with E-state index in [4.69, 9.17) is 11.5 Å². The van der Waals surface area contributed by atoms with Gasteiger partial charge in [0.25, 0.3) is 5.91 Å². The topological polar surface area (TPSA) is 678 Å². The van der Waals surface area contributed by atoms with Crippen LogP contribution in [0.25, 0.3) is 10.9 Å². The zero-order valence-corrected chi connectivity index (χ0v) is 85.0. The number of aliphatic hydroxyl groups excluding tert-OH is 1. The van der Waals surface area contributed by atoms with Gasteiger partial charge in [-0.1, -0.05) is 155 Å². The maximum absolute atomic E-state index is 15.7. The smallest absolute Gasteiger partial charge is 0.322 e. The van der Waals surface area contributed by atoms with Crippen molar-refractivity contribution in [2.45, 2.75) is 305 Å². The van der Waals surface area contributed by atoms with Crippen molar-refractivity contribution in [3.05, 3.63) is 36.0 Å². The Balaban J connectivity index is 1.73. The number of hydrogen-bond acceptors (Lipinski definition) is 27. The van der Waals surface area contributed by atoms with Crippen LogP contribution in [0.1, 0.15) is 187 Å². The highest BCUT2D eigenvalue weighted by molar-refractivity contribution is 8.01. The van der Waals surface area contributed by atoms with Crippen LogP contribution in [-0.2, 0) is 97.5 Å². The average molecular weight is 2020 g/mol. The molecule has 2 aromatic rings. The van der Waals surface area contributed by atoms with Crippen LogP contribution in [0.15, 0.2) is 30.5 Å². The van der Waals surface area contributed by atoms with Crippen molar-refractivity contribution < 1.29 is 106 Å². The first-order chi connectivity index (χ1) is 64.9. The molecule has 0 saturated carbocycles. The quantitative estimate of drug-likeness (QED) is 0.0255. The summed E-state index contributed by atoms with van der Waals surface area (Å²) in [4.78, 5) is 297. The lowest BCUT2D eigenvalue weighted by Gasteiger charge is -2.32. The number of nitrogens with two attached hydrogens (primary N) is 2. The van der Waals surface area contributed by atoms with Gasteiger partial charge in [0.1, 0.15) is 90.6 Å². The summed E-state index contributed by atoms with van der Waals surface area (Å²) in [5, 5.41) is 66.1. The molecular formula is C90H146N22O22S4. The van der Waals surface area contributed by atoms with E-state index >= 15 is 43.2 Å². The maximum atomic E-state index is 15.7. The number of nitrogens with one attached hydrogen (secondary N) is 20. The number of thioether (sulfide) groups is 4. The van der Waals surface area contributed by atoms with Gasteiger partial charge in [-0.05, 0) is 86.8 Å². The number of aliphatic carboxylic acids is 1. The largest absolute Gasteiger partial charge is 0.481 e. The van der Waals surface area contributed by atoms with E-state index in [0.717, 1.165) is 42.8 Å². The molecule has 0 radical (unpaired) electrons. The second kappa shape index (κ2) is 57.9. The summed E-state index contributed by atoms with van der Waals surface area (Å²) in [5.41, 5.74) is 12.9. The molecule has 1 aromatic carbocycles. The van der Waals surface area contributed by atoms with Crippen molar-refractivity contribution in [2.75, 3.05) is 55.8 Å². The molecule has 0 spiro atoms. The zero-order chi connectivity index (χ0) is 103. The fraction of sp³-hybridized carbons (Fsp3) is 0.689. The summed E-state index contributed by atoms with van der Waals surface area (Å²) in [7, 11) is 0. The molecule has 4 bridgehead atoms. The van der Waals surface area contributed by atoms with Crippen LogP contribution >= 0.6 is 47.0 Å². The first-order valence-corrected chi connectivity index (χ1v) is 51.0. The fourth-order valence-corrected chi connectivity index (χ4v) is 18.8. The van der Waals surface area contributed by atoms with Crippen molar-refractivity contribution in [1.29, 1.82) is 0 Å². The molecule has 20 unspecified atom stereocenters. The number of aromatic nitrogens is 1. The molecule has 3 saturated heterocycles. The number of unbranched alkanes of at least 4 members (excludes halogenated alkanes) is 4. The van der Waals surface area contributed by atoms with Gasteiger partial charge >= 0.3 is 12.0 Å². The number of urea groups is 1. The minimum atomic E-state index is -1.95. The molecule has 3 aliphatic rings. The molecule has 772 valence electrons. The normalized spacial score (nSPS) is 25.0. The van der Waals surface area contributed by atoms with Crippen LogP contribution in [0.4, 0.5) is 4.79 Å². The summed E-state index contributed by atoms with van der Waals surface area (Å²) in [6.07, 6.45) is 3.32. The Morgan fingerprint density at radius 1 is 0.558 bits per heavy atom. The van der Waals surface area contributed by atoms with Crippen molar-refractivity contribution in [2.24, 2.45) is 41.1 Å². The van der Waals surface area contributed by atoms with Crippen LogP contribution in [0.5, 0.6) is 0 Å². The molecule has 44 nitrogen and oxygen atoms in total. The van der Waals surface area contributed by atoms with E-state index in [0.29, 0.717) is 47.6 Å². The van der Waals surface area contributed by atoms with Gasteiger partial charge in [0, 0.05) is 80.0 Å². The lowest BCUT2D eigenvalue weighted by atomic mass is 9.96. The Kier molecular flexibility index (Phi) is 49.4. The highest BCUT2D eigenvalue weighted by atomic mass is 32.2. The van der Waals surface area contributed by atoms with E-state index in [1.165, 1.54) is 53.3 Å². The Bertz CT molecular complexity index is 4560. The van der Waals surface area contributed by atoms with E-state index < -0.39 is 298 Å². The van der Waals surface area contributed by atoms with Gasteiger partial charge < -0.3 is 122 Å². The lowest BCUT2D eigenvalue weighted by molar-refractivity contribution is -0.139.